The molecule has 1 heterocycles. The van der Waals surface area contributed by atoms with Crippen LogP contribution in [0.3, 0.4) is 0 Å². The predicted molar refractivity (Wildman–Crippen MR) is 81.9 cm³/mol. The molecule has 0 aliphatic heterocycles. The Bertz CT molecular complexity index is 505. The minimum Gasteiger partial charge on any atom is -0.382 e. The molecule has 1 unspecified atom stereocenters. The molecule has 0 bridgehead atoms. The third kappa shape index (κ3) is 3.71. The molecule has 3 heteroatoms. The lowest BCUT2D eigenvalue weighted by molar-refractivity contribution is 0.705. The van der Waals surface area contributed by atoms with Gasteiger partial charge in [-0.15, -0.1) is 0 Å². The second-order valence-electron chi connectivity index (χ2n) is 4.82. The van der Waals surface area contributed by atoms with Gasteiger partial charge in [0.15, 0.2) is 5.15 Å². The molecule has 0 radical (unpaired) electrons. The molecule has 100 valence electrons. The number of aryl methyl sites for hydroxylation is 1. The van der Waals surface area contributed by atoms with E-state index >= 15 is 0 Å². The fourth-order valence-electron chi connectivity index (χ4n) is 2.10. The van der Waals surface area contributed by atoms with Crippen molar-refractivity contribution >= 4 is 17.3 Å². The van der Waals surface area contributed by atoms with Crippen LogP contribution in [0.2, 0.25) is 5.15 Å². The number of anilines is 1. The zero-order valence-corrected chi connectivity index (χ0v) is 12.1. The van der Waals surface area contributed by atoms with Crippen molar-refractivity contribution < 1.29 is 0 Å². The Morgan fingerprint density at radius 3 is 2.63 bits per heavy atom. The standard InChI is InChI=1S/C16H19ClN2/c1-12(14-6-4-3-5-7-14)8-10-18-15-13(2)9-11-19-16(15)17/h3-7,9,11-12,18H,8,10H2,1-2H3. The SMILES string of the molecule is Cc1ccnc(Cl)c1NCCC(C)c1ccccc1. The molecule has 2 aromatic rings. The number of nitrogens with one attached hydrogen (secondary N) is 1. The Hall–Kier alpha value is -1.54. The van der Waals surface area contributed by atoms with Gasteiger partial charge >= 0.3 is 0 Å². The highest BCUT2D eigenvalue weighted by Crippen LogP contribution is 2.24. The molecule has 0 saturated carbocycles. The van der Waals surface area contributed by atoms with Gasteiger partial charge in [0.1, 0.15) is 0 Å². The highest BCUT2D eigenvalue weighted by molar-refractivity contribution is 6.32. The van der Waals surface area contributed by atoms with Gasteiger partial charge in [0, 0.05) is 12.7 Å². The van der Waals surface area contributed by atoms with Gasteiger partial charge in [0.25, 0.3) is 0 Å². The van der Waals surface area contributed by atoms with Gasteiger partial charge in [0.05, 0.1) is 5.69 Å². The summed E-state index contributed by atoms with van der Waals surface area (Å²) in [5.41, 5.74) is 3.45. The van der Waals surface area contributed by atoms with Crippen LogP contribution in [0.5, 0.6) is 0 Å². The lowest BCUT2D eigenvalue weighted by Gasteiger charge is -2.14. The van der Waals surface area contributed by atoms with Crippen LogP contribution in [0.1, 0.15) is 30.4 Å². The highest BCUT2D eigenvalue weighted by atomic mass is 35.5. The first-order valence-corrected chi connectivity index (χ1v) is 6.96. The number of halogens is 1. The molecule has 1 atom stereocenters. The number of benzene rings is 1. The van der Waals surface area contributed by atoms with Crippen LogP contribution in [0, 0.1) is 6.92 Å². The van der Waals surface area contributed by atoms with Crippen LogP contribution in [0.4, 0.5) is 5.69 Å². The molecule has 0 aliphatic carbocycles. The van der Waals surface area contributed by atoms with Gasteiger partial charge < -0.3 is 5.32 Å². The van der Waals surface area contributed by atoms with Gasteiger partial charge in [-0.3, -0.25) is 0 Å². The number of hydrogen-bond donors (Lipinski definition) is 1. The van der Waals surface area contributed by atoms with Gasteiger partial charge in [-0.1, -0.05) is 48.9 Å². The smallest absolute Gasteiger partial charge is 0.152 e. The van der Waals surface area contributed by atoms with Crippen molar-refractivity contribution in [3.8, 4) is 0 Å². The lowest BCUT2D eigenvalue weighted by atomic mass is 9.98. The van der Waals surface area contributed by atoms with Crippen LogP contribution in [0.15, 0.2) is 42.6 Å². The summed E-state index contributed by atoms with van der Waals surface area (Å²) in [5, 5.41) is 3.94. The zero-order valence-electron chi connectivity index (χ0n) is 11.4. The summed E-state index contributed by atoms with van der Waals surface area (Å²) < 4.78 is 0. The van der Waals surface area contributed by atoms with E-state index in [2.05, 4.69) is 41.5 Å². The minimum absolute atomic E-state index is 0.532. The van der Waals surface area contributed by atoms with Crippen molar-refractivity contribution in [3.63, 3.8) is 0 Å². The van der Waals surface area contributed by atoms with E-state index in [1.54, 1.807) is 6.20 Å². The van der Waals surface area contributed by atoms with E-state index in [9.17, 15) is 0 Å². The fraction of sp³-hybridized carbons (Fsp3) is 0.312. The van der Waals surface area contributed by atoms with Gasteiger partial charge in [-0.2, -0.15) is 0 Å². The summed E-state index contributed by atoms with van der Waals surface area (Å²) >= 11 is 6.09. The van der Waals surface area contributed by atoms with E-state index < -0.39 is 0 Å². The topological polar surface area (TPSA) is 24.9 Å². The molecule has 1 N–H and O–H groups in total. The fourth-order valence-corrected chi connectivity index (χ4v) is 2.37. The second kappa shape index (κ2) is 6.58. The van der Waals surface area contributed by atoms with Crippen molar-refractivity contribution in [1.82, 2.24) is 4.98 Å². The lowest BCUT2D eigenvalue weighted by Crippen LogP contribution is -2.07. The summed E-state index contributed by atoms with van der Waals surface area (Å²) in [6.07, 6.45) is 2.80. The molecule has 0 amide bonds. The van der Waals surface area contributed by atoms with Crippen LogP contribution in [-0.4, -0.2) is 11.5 Å². The maximum Gasteiger partial charge on any atom is 0.152 e. The van der Waals surface area contributed by atoms with Crippen LogP contribution in [0.25, 0.3) is 0 Å². The summed E-state index contributed by atoms with van der Waals surface area (Å²) in [7, 11) is 0. The summed E-state index contributed by atoms with van der Waals surface area (Å²) in [6.45, 7) is 5.17. The predicted octanol–water partition coefficient (Wildman–Crippen LogP) is 4.65. The van der Waals surface area contributed by atoms with Gasteiger partial charge in [-0.05, 0) is 36.5 Å². The largest absolute Gasteiger partial charge is 0.382 e. The molecule has 0 spiro atoms. The Balaban J connectivity index is 1.90. The first-order chi connectivity index (χ1) is 9.18. The highest BCUT2D eigenvalue weighted by Gasteiger charge is 2.07. The van der Waals surface area contributed by atoms with E-state index in [0.29, 0.717) is 11.1 Å². The van der Waals surface area contributed by atoms with E-state index in [-0.39, 0.29) is 0 Å². The summed E-state index contributed by atoms with van der Waals surface area (Å²) in [5.74, 6) is 0.532. The van der Waals surface area contributed by atoms with E-state index in [0.717, 1.165) is 24.2 Å². The molecule has 0 fully saturated rings. The average molecular weight is 275 g/mol. The number of pyridine rings is 1. The van der Waals surface area contributed by atoms with Crippen molar-refractivity contribution in [3.05, 3.63) is 58.9 Å². The molecule has 0 aliphatic rings. The Morgan fingerprint density at radius 1 is 1.21 bits per heavy atom. The van der Waals surface area contributed by atoms with Gasteiger partial charge in [-0.25, -0.2) is 4.98 Å². The van der Waals surface area contributed by atoms with Crippen LogP contribution >= 0.6 is 11.6 Å². The monoisotopic (exact) mass is 274 g/mol. The number of nitrogens with zero attached hydrogens (tertiary/aromatic N) is 1. The molecular formula is C16H19ClN2. The molecule has 2 nitrogen and oxygen atoms in total. The molecule has 0 saturated heterocycles. The van der Waals surface area contributed by atoms with Crippen molar-refractivity contribution in [2.45, 2.75) is 26.2 Å². The number of hydrogen-bond acceptors (Lipinski definition) is 2. The molecule has 1 aromatic heterocycles. The van der Waals surface area contributed by atoms with Crippen LogP contribution in [-0.2, 0) is 0 Å². The van der Waals surface area contributed by atoms with Crippen LogP contribution < -0.4 is 5.32 Å². The third-order valence-corrected chi connectivity index (χ3v) is 3.65. The Labute approximate surface area is 119 Å². The first-order valence-electron chi connectivity index (χ1n) is 6.58. The van der Waals surface area contributed by atoms with Gasteiger partial charge in [0.2, 0.25) is 0 Å². The molecular weight excluding hydrogens is 256 g/mol. The van der Waals surface area contributed by atoms with E-state index in [1.165, 1.54) is 5.56 Å². The number of aromatic nitrogens is 1. The Morgan fingerprint density at radius 2 is 1.95 bits per heavy atom. The Kier molecular flexibility index (Phi) is 4.80. The molecule has 19 heavy (non-hydrogen) atoms. The molecule has 1 aromatic carbocycles. The second-order valence-corrected chi connectivity index (χ2v) is 5.18. The summed E-state index contributed by atoms with van der Waals surface area (Å²) in [4.78, 5) is 4.10. The zero-order chi connectivity index (χ0) is 13.7. The maximum absolute atomic E-state index is 6.09. The molecule has 2 rings (SSSR count). The minimum atomic E-state index is 0.532. The van der Waals surface area contributed by atoms with E-state index in [4.69, 9.17) is 11.6 Å². The normalized spacial score (nSPS) is 12.2. The maximum atomic E-state index is 6.09. The van der Waals surface area contributed by atoms with Crippen molar-refractivity contribution in [2.24, 2.45) is 0 Å². The summed E-state index contributed by atoms with van der Waals surface area (Å²) in [6, 6.07) is 12.5. The quantitative estimate of drug-likeness (QED) is 0.803. The first kappa shape index (κ1) is 13.9. The average Bonchev–Trinajstić information content (AvgIpc) is 2.43. The number of rotatable bonds is 5. The van der Waals surface area contributed by atoms with Crippen molar-refractivity contribution in [1.29, 1.82) is 0 Å². The third-order valence-electron chi connectivity index (χ3n) is 3.36. The van der Waals surface area contributed by atoms with Crippen molar-refractivity contribution in [2.75, 3.05) is 11.9 Å². The van der Waals surface area contributed by atoms with E-state index in [1.807, 2.05) is 19.1 Å².